The van der Waals surface area contributed by atoms with E-state index in [1.165, 1.54) is 30.5 Å². The van der Waals surface area contributed by atoms with E-state index < -0.39 is 15.9 Å². The molecule has 0 radical (unpaired) electrons. The number of anilines is 1. The number of carbonyl (C=O) groups excluding carboxylic acids is 2. The Kier molecular flexibility index (Phi) is 5.29. The largest absolute Gasteiger partial charge is 0.352 e. The quantitative estimate of drug-likeness (QED) is 0.694. The van der Waals surface area contributed by atoms with Crippen LogP contribution < -0.4 is 15.4 Å². The van der Waals surface area contributed by atoms with E-state index in [9.17, 15) is 18.0 Å². The third-order valence-corrected chi connectivity index (χ3v) is 5.35. The van der Waals surface area contributed by atoms with E-state index in [-0.39, 0.29) is 29.0 Å². The summed E-state index contributed by atoms with van der Waals surface area (Å²) in [6, 6.07) is 8.91. The van der Waals surface area contributed by atoms with Crippen LogP contribution in [0.3, 0.4) is 0 Å². The average Bonchev–Trinajstić information content (AvgIpc) is 3.06. The average molecular weight is 374 g/mol. The van der Waals surface area contributed by atoms with Gasteiger partial charge in [-0.05, 0) is 36.8 Å². The van der Waals surface area contributed by atoms with Crippen molar-refractivity contribution in [3.05, 3.63) is 54.4 Å². The molecule has 1 saturated heterocycles. The number of carbonyl (C=O) groups is 2. The van der Waals surface area contributed by atoms with Crippen molar-refractivity contribution >= 4 is 27.5 Å². The first-order valence-corrected chi connectivity index (χ1v) is 9.53. The molecule has 3 N–H and O–H groups in total. The second-order valence-electron chi connectivity index (χ2n) is 5.88. The maximum absolute atomic E-state index is 12.4. The van der Waals surface area contributed by atoms with Crippen molar-refractivity contribution in [1.29, 1.82) is 0 Å². The van der Waals surface area contributed by atoms with Gasteiger partial charge in [-0.1, -0.05) is 6.07 Å². The first-order valence-electron chi connectivity index (χ1n) is 8.04. The summed E-state index contributed by atoms with van der Waals surface area (Å²) >= 11 is 0. The maximum atomic E-state index is 12.4. The summed E-state index contributed by atoms with van der Waals surface area (Å²) in [6.45, 7) is 0.111. The van der Waals surface area contributed by atoms with Crippen molar-refractivity contribution in [2.24, 2.45) is 0 Å². The Labute approximate surface area is 151 Å². The molecule has 2 amide bonds. The number of sulfonamides is 1. The van der Waals surface area contributed by atoms with Gasteiger partial charge in [0.15, 0.2) is 0 Å². The van der Waals surface area contributed by atoms with Gasteiger partial charge in [0.1, 0.15) is 0 Å². The van der Waals surface area contributed by atoms with Gasteiger partial charge in [0.05, 0.1) is 16.8 Å². The molecule has 2 aromatic rings. The highest BCUT2D eigenvalue weighted by Gasteiger charge is 2.23. The summed E-state index contributed by atoms with van der Waals surface area (Å²) in [7, 11) is -3.79. The van der Waals surface area contributed by atoms with Crippen LogP contribution in [-0.4, -0.2) is 37.8 Å². The molecule has 1 aromatic carbocycles. The molecule has 9 heteroatoms. The van der Waals surface area contributed by atoms with Crippen molar-refractivity contribution in [2.75, 3.05) is 11.9 Å². The molecule has 0 unspecified atom stereocenters. The number of benzene rings is 1. The van der Waals surface area contributed by atoms with Gasteiger partial charge >= 0.3 is 0 Å². The zero-order valence-electron chi connectivity index (χ0n) is 13.8. The van der Waals surface area contributed by atoms with E-state index in [0.29, 0.717) is 18.5 Å². The number of nitrogens with one attached hydrogen (secondary N) is 3. The minimum Gasteiger partial charge on any atom is -0.352 e. The molecule has 0 bridgehead atoms. The number of rotatable bonds is 6. The van der Waals surface area contributed by atoms with Crippen LogP contribution in [0.15, 0.2) is 53.7 Å². The van der Waals surface area contributed by atoms with Crippen LogP contribution in [0.1, 0.15) is 23.2 Å². The SMILES string of the molecule is O=C1CC[C@@H](CNS(=O)(=O)c2cccc(C(=O)Nc3cccnc3)c2)N1. The Balaban J connectivity index is 1.69. The van der Waals surface area contributed by atoms with Gasteiger partial charge in [-0.2, -0.15) is 0 Å². The molecular formula is C17H18N4O4S. The van der Waals surface area contributed by atoms with Crippen LogP contribution in [0.5, 0.6) is 0 Å². The highest BCUT2D eigenvalue weighted by molar-refractivity contribution is 7.89. The Hall–Kier alpha value is -2.78. The molecule has 0 spiro atoms. The van der Waals surface area contributed by atoms with Crippen molar-refractivity contribution in [1.82, 2.24) is 15.0 Å². The molecule has 1 aliphatic heterocycles. The molecule has 0 aliphatic carbocycles. The molecule has 1 aromatic heterocycles. The minimum atomic E-state index is -3.79. The highest BCUT2D eigenvalue weighted by Crippen LogP contribution is 2.14. The van der Waals surface area contributed by atoms with E-state index in [4.69, 9.17) is 0 Å². The number of aromatic nitrogens is 1. The topological polar surface area (TPSA) is 117 Å². The first kappa shape index (κ1) is 18.0. The van der Waals surface area contributed by atoms with Crippen LogP contribution in [0, 0.1) is 0 Å². The fourth-order valence-electron chi connectivity index (χ4n) is 2.57. The Bertz CT molecular complexity index is 915. The fourth-order valence-corrected chi connectivity index (χ4v) is 3.70. The Morgan fingerprint density at radius 1 is 1.27 bits per heavy atom. The normalized spacial score (nSPS) is 16.9. The lowest BCUT2D eigenvalue weighted by atomic mass is 10.2. The standard InChI is InChI=1S/C17H18N4O4S/c22-16-7-6-14(20-16)11-19-26(24,25)15-5-1-3-12(9-15)17(23)21-13-4-2-8-18-10-13/h1-5,8-10,14,19H,6-7,11H2,(H,20,22)(H,21,23)/t14-/m0/s1. The summed E-state index contributed by atoms with van der Waals surface area (Å²) in [5, 5.41) is 5.35. The zero-order valence-corrected chi connectivity index (χ0v) is 14.6. The molecule has 8 nitrogen and oxygen atoms in total. The third-order valence-electron chi connectivity index (χ3n) is 3.93. The summed E-state index contributed by atoms with van der Waals surface area (Å²) in [5.74, 6) is -0.513. The highest BCUT2D eigenvalue weighted by atomic mass is 32.2. The Morgan fingerprint density at radius 3 is 2.81 bits per heavy atom. The van der Waals surface area contributed by atoms with Crippen LogP contribution in [0.25, 0.3) is 0 Å². The van der Waals surface area contributed by atoms with Crippen LogP contribution >= 0.6 is 0 Å². The van der Waals surface area contributed by atoms with E-state index >= 15 is 0 Å². The van der Waals surface area contributed by atoms with E-state index in [1.54, 1.807) is 18.3 Å². The number of hydrogen-bond donors (Lipinski definition) is 3. The molecule has 1 aliphatic rings. The Morgan fingerprint density at radius 2 is 2.12 bits per heavy atom. The van der Waals surface area contributed by atoms with E-state index in [0.717, 1.165) is 0 Å². The number of pyridine rings is 1. The predicted octanol–water partition coefficient (Wildman–Crippen LogP) is 0.891. The molecule has 3 rings (SSSR count). The summed E-state index contributed by atoms with van der Waals surface area (Å²) in [5.41, 5.74) is 0.728. The second-order valence-corrected chi connectivity index (χ2v) is 7.65. The predicted molar refractivity (Wildman–Crippen MR) is 95.0 cm³/mol. The third kappa shape index (κ3) is 4.44. The van der Waals surface area contributed by atoms with Crippen molar-refractivity contribution in [3.63, 3.8) is 0 Å². The summed E-state index contributed by atoms with van der Waals surface area (Å²) < 4.78 is 27.3. The molecule has 0 saturated carbocycles. The van der Waals surface area contributed by atoms with Gasteiger partial charge in [0, 0.05) is 30.8 Å². The minimum absolute atomic E-state index is 0.0133. The lowest BCUT2D eigenvalue weighted by Crippen LogP contribution is -2.38. The fraction of sp³-hybridized carbons (Fsp3) is 0.235. The van der Waals surface area contributed by atoms with Crippen molar-refractivity contribution in [3.8, 4) is 0 Å². The molecule has 1 atom stereocenters. The van der Waals surface area contributed by atoms with Crippen LogP contribution in [0.2, 0.25) is 0 Å². The van der Waals surface area contributed by atoms with Gasteiger partial charge in [0.2, 0.25) is 15.9 Å². The molecule has 26 heavy (non-hydrogen) atoms. The van der Waals surface area contributed by atoms with Crippen LogP contribution in [-0.2, 0) is 14.8 Å². The summed E-state index contributed by atoms with van der Waals surface area (Å²) in [4.78, 5) is 27.4. The van der Waals surface area contributed by atoms with Gasteiger partial charge in [-0.15, -0.1) is 0 Å². The smallest absolute Gasteiger partial charge is 0.255 e. The van der Waals surface area contributed by atoms with Gasteiger partial charge in [0.25, 0.3) is 5.91 Å². The van der Waals surface area contributed by atoms with Crippen molar-refractivity contribution < 1.29 is 18.0 Å². The molecule has 1 fully saturated rings. The van der Waals surface area contributed by atoms with E-state index in [1.807, 2.05) is 0 Å². The number of hydrogen-bond acceptors (Lipinski definition) is 5. The van der Waals surface area contributed by atoms with Gasteiger partial charge in [-0.3, -0.25) is 14.6 Å². The second kappa shape index (κ2) is 7.63. The molecule has 2 heterocycles. The monoisotopic (exact) mass is 374 g/mol. The van der Waals surface area contributed by atoms with E-state index in [2.05, 4.69) is 20.3 Å². The summed E-state index contributed by atoms with van der Waals surface area (Å²) in [6.07, 6.45) is 4.07. The molecule has 136 valence electrons. The zero-order chi connectivity index (χ0) is 18.6. The first-order chi connectivity index (χ1) is 12.4. The number of nitrogens with zero attached hydrogens (tertiary/aromatic N) is 1. The lowest BCUT2D eigenvalue weighted by molar-refractivity contribution is -0.119. The lowest BCUT2D eigenvalue weighted by Gasteiger charge is -2.12. The van der Waals surface area contributed by atoms with Crippen molar-refractivity contribution in [2.45, 2.75) is 23.8 Å². The maximum Gasteiger partial charge on any atom is 0.255 e. The van der Waals surface area contributed by atoms with Crippen LogP contribution in [0.4, 0.5) is 5.69 Å². The molecular weight excluding hydrogens is 356 g/mol. The van der Waals surface area contributed by atoms with Gasteiger partial charge < -0.3 is 10.6 Å². The number of amides is 2. The van der Waals surface area contributed by atoms with Gasteiger partial charge in [-0.25, -0.2) is 13.1 Å².